The van der Waals surface area contributed by atoms with Gasteiger partial charge in [-0.1, -0.05) is 0 Å². The minimum absolute atomic E-state index is 0.241. The van der Waals surface area contributed by atoms with Crippen molar-refractivity contribution in [1.29, 1.82) is 0 Å². The van der Waals surface area contributed by atoms with Crippen LogP contribution in [0.1, 0.15) is 0 Å². The highest BCUT2D eigenvalue weighted by atomic mass is 19.3. The number of halogens is 2. The van der Waals surface area contributed by atoms with Crippen LogP contribution in [0.2, 0.25) is 0 Å². The Bertz CT molecular complexity index is 255. The van der Waals surface area contributed by atoms with Crippen LogP contribution in [-0.2, 0) is 0 Å². The van der Waals surface area contributed by atoms with E-state index in [-0.39, 0.29) is 11.4 Å². The van der Waals surface area contributed by atoms with E-state index in [1.807, 2.05) is 0 Å². The summed E-state index contributed by atoms with van der Waals surface area (Å²) in [6.07, 6.45) is 0.287. The number of ether oxygens (including phenoxy) is 1. The summed E-state index contributed by atoms with van der Waals surface area (Å²) in [6.45, 7) is -0.645. The van der Waals surface area contributed by atoms with Gasteiger partial charge in [-0.3, -0.25) is 4.98 Å². The third-order valence-corrected chi connectivity index (χ3v) is 1.17. The highest BCUT2D eigenvalue weighted by Gasteiger charge is 2.04. The van der Waals surface area contributed by atoms with Crippen molar-refractivity contribution in [2.45, 2.75) is 6.43 Å². The molecule has 12 heavy (non-hydrogen) atoms. The number of hydrogen-bond donors (Lipinski definition) is 1. The molecule has 2 N–H and O–H groups in total. The largest absolute Gasteiger partial charge is 0.485 e. The van der Waals surface area contributed by atoms with Gasteiger partial charge in [-0.25, -0.2) is 8.78 Å². The molecule has 66 valence electrons. The molecular formula is C7H8F2N2O. The Morgan fingerprint density at radius 2 is 2.33 bits per heavy atom. The van der Waals surface area contributed by atoms with Gasteiger partial charge >= 0.3 is 0 Å². The monoisotopic (exact) mass is 174 g/mol. The van der Waals surface area contributed by atoms with Crippen LogP contribution in [-0.4, -0.2) is 18.0 Å². The zero-order valence-electron chi connectivity index (χ0n) is 6.21. The fourth-order valence-corrected chi connectivity index (χ4v) is 0.678. The molecule has 5 heteroatoms. The Morgan fingerprint density at radius 1 is 1.58 bits per heavy atom. The summed E-state index contributed by atoms with van der Waals surface area (Å²) in [4.78, 5) is 3.68. The summed E-state index contributed by atoms with van der Waals surface area (Å²) >= 11 is 0. The first-order valence-electron chi connectivity index (χ1n) is 3.30. The van der Waals surface area contributed by atoms with Gasteiger partial charge in [-0.05, 0) is 0 Å². The van der Waals surface area contributed by atoms with Crippen molar-refractivity contribution in [2.24, 2.45) is 0 Å². The van der Waals surface area contributed by atoms with E-state index in [4.69, 9.17) is 5.73 Å². The molecule has 0 spiro atoms. The number of nitrogen functional groups attached to an aromatic ring is 1. The lowest BCUT2D eigenvalue weighted by Gasteiger charge is -2.06. The minimum atomic E-state index is -2.49. The molecule has 1 rings (SSSR count). The second kappa shape index (κ2) is 3.85. The highest BCUT2D eigenvalue weighted by Crippen LogP contribution is 2.18. The first-order chi connectivity index (χ1) is 5.70. The van der Waals surface area contributed by atoms with Crippen molar-refractivity contribution in [3.05, 3.63) is 18.5 Å². The Balaban J connectivity index is 2.57. The maximum Gasteiger partial charge on any atom is 0.272 e. The molecule has 0 amide bonds. The molecule has 1 aromatic heterocycles. The average molecular weight is 174 g/mol. The molecule has 0 bridgehead atoms. The van der Waals surface area contributed by atoms with E-state index in [2.05, 4.69) is 9.72 Å². The first-order valence-corrected chi connectivity index (χ1v) is 3.30. The SMILES string of the molecule is Nc1cnccc1OCC(F)F. The lowest BCUT2D eigenvalue weighted by atomic mass is 10.4. The normalized spacial score (nSPS) is 10.2. The van der Waals surface area contributed by atoms with Gasteiger partial charge in [0.1, 0.15) is 12.4 Å². The fourth-order valence-electron chi connectivity index (χ4n) is 0.678. The number of aromatic nitrogens is 1. The van der Waals surface area contributed by atoms with Crippen molar-refractivity contribution < 1.29 is 13.5 Å². The lowest BCUT2D eigenvalue weighted by molar-refractivity contribution is 0.0822. The molecule has 0 saturated carbocycles. The van der Waals surface area contributed by atoms with Gasteiger partial charge in [0.2, 0.25) is 0 Å². The Morgan fingerprint density at radius 3 is 2.92 bits per heavy atom. The maximum atomic E-state index is 11.7. The van der Waals surface area contributed by atoms with Gasteiger partial charge in [0, 0.05) is 12.3 Å². The molecule has 0 fully saturated rings. The molecule has 0 aliphatic rings. The van der Waals surface area contributed by atoms with E-state index < -0.39 is 13.0 Å². The Kier molecular flexibility index (Phi) is 2.79. The summed E-state index contributed by atoms with van der Waals surface area (Å²) in [5.41, 5.74) is 5.64. The summed E-state index contributed by atoms with van der Waals surface area (Å²) in [5, 5.41) is 0. The zero-order chi connectivity index (χ0) is 8.97. The van der Waals surface area contributed by atoms with E-state index >= 15 is 0 Å². The van der Waals surface area contributed by atoms with Gasteiger partial charge in [-0.15, -0.1) is 0 Å². The smallest absolute Gasteiger partial charge is 0.272 e. The molecule has 1 heterocycles. The standard InChI is InChI=1S/C7H8F2N2O/c8-7(9)4-12-6-1-2-11-3-5(6)10/h1-3,7H,4,10H2. The lowest BCUT2D eigenvalue weighted by Crippen LogP contribution is -2.08. The fraction of sp³-hybridized carbons (Fsp3) is 0.286. The predicted molar refractivity (Wildman–Crippen MR) is 40.1 cm³/mol. The molecule has 1 aromatic rings. The predicted octanol–water partition coefficient (Wildman–Crippen LogP) is 1.31. The second-order valence-electron chi connectivity index (χ2n) is 2.12. The average Bonchev–Trinajstić information content (AvgIpc) is 2.03. The van der Waals surface area contributed by atoms with Gasteiger partial charge in [-0.2, -0.15) is 0 Å². The van der Waals surface area contributed by atoms with E-state index in [9.17, 15) is 8.78 Å². The van der Waals surface area contributed by atoms with Crippen molar-refractivity contribution >= 4 is 5.69 Å². The van der Waals surface area contributed by atoms with Crippen molar-refractivity contribution in [3.8, 4) is 5.75 Å². The van der Waals surface area contributed by atoms with Crippen LogP contribution in [0.4, 0.5) is 14.5 Å². The van der Waals surface area contributed by atoms with Crippen LogP contribution in [0, 0.1) is 0 Å². The minimum Gasteiger partial charge on any atom is -0.485 e. The highest BCUT2D eigenvalue weighted by molar-refractivity contribution is 5.49. The van der Waals surface area contributed by atoms with E-state index in [0.29, 0.717) is 0 Å². The van der Waals surface area contributed by atoms with Crippen LogP contribution >= 0.6 is 0 Å². The van der Waals surface area contributed by atoms with Crippen LogP contribution in [0.25, 0.3) is 0 Å². The number of hydrogen-bond acceptors (Lipinski definition) is 3. The number of rotatable bonds is 3. The van der Waals surface area contributed by atoms with Gasteiger partial charge in [0.05, 0.1) is 11.9 Å². The van der Waals surface area contributed by atoms with Crippen molar-refractivity contribution in [1.82, 2.24) is 4.98 Å². The summed E-state index contributed by atoms with van der Waals surface area (Å²) in [6, 6.07) is 1.44. The number of pyridine rings is 1. The molecule has 0 radical (unpaired) electrons. The summed E-state index contributed by atoms with van der Waals surface area (Å²) in [5.74, 6) is 0.241. The Hall–Kier alpha value is -1.39. The molecule has 3 nitrogen and oxygen atoms in total. The molecule has 0 aliphatic carbocycles. The van der Waals surface area contributed by atoms with Crippen LogP contribution in [0.3, 0.4) is 0 Å². The summed E-state index contributed by atoms with van der Waals surface area (Å²) in [7, 11) is 0. The molecule has 0 saturated heterocycles. The molecule has 0 aliphatic heterocycles. The third kappa shape index (κ3) is 2.34. The van der Waals surface area contributed by atoms with Gasteiger partial charge < -0.3 is 10.5 Å². The summed E-state index contributed by atoms with van der Waals surface area (Å²) < 4.78 is 28.0. The molecule has 0 atom stereocenters. The van der Waals surface area contributed by atoms with E-state index in [1.165, 1.54) is 18.5 Å². The number of nitrogens with zero attached hydrogens (tertiary/aromatic N) is 1. The van der Waals surface area contributed by atoms with Crippen LogP contribution in [0.5, 0.6) is 5.75 Å². The molecular weight excluding hydrogens is 166 g/mol. The third-order valence-electron chi connectivity index (χ3n) is 1.17. The topological polar surface area (TPSA) is 48.1 Å². The van der Waals surface area contributed by atoms with E-state index in [1.54, 1.807) is 0 Å². The second-order valence-corrected chi connectivity index (χ2v) is 2.12. The zero-order valence-corrected chi connectivity index (χ0v) is 6.21. The van der Waals surface area contributed by atoms with Crippen molar-refractivity contribution in [3.63, 3.8) is 0 Å². The van der Waals surface area contributed by atoms with Gasteiger partial charge in [0.15, 0.2) is 0 Å². The van der Waals surface area contributed by atoms with Crippen LogP contribution < -0.4 is 10.5 Å². The van der Waals surface area contributed by atoms with Crippen molar-refractivity contribution in [2.75, 3.05) is 12.3 Å². The molecule has 0 unspecified atom stereocenters. The maximum absolute atomic E-state index is 11.7. The van der Waals surface area contributed by atoms with E-state index in [0.717, 1.165) is 0 Å². The van der Waals surface area contributed by atoms with Crippen LogP contribution in [0.15, 0.2) is 18.5 Å². The number of alkyl halides is 2. The number of nitrogens with two attached hydrogens (primary N) is 1. The first kappa shape index (κ1) is 8.70. The quantitative estimate of drug-likeness (QED) is 0.751. The molecule has 0 aromatic carbocycles. The van der Waals surface area contributed by atoms with Gasteiger partial charge in [0.25, 0.3) is 6.43 Å². The number of anilines is 1. The Labute approximate surface area is 68.2 Å².